The minimum atomic E-state index is -0.464. The highest BCUT2D eigenvalue weighted by atomic mass is 16.6. The van der Waals surface area contributed by atoms with Crippen LogP contribution in [0.1, 0.15) is 13.3 Å². The minimum absolute atomic E-state index is 0.0155. The average molecular weight is 249 g/mol. The Morgan fingerprint density at radius 1 is 1.44 bits per heavy atom. The first-order valence-corrected chi connectivity index (χ1v) is 5.78. The van der Waals surface area contributed by atoms with E-state index in [-0.39, 0.29) is 11.6 Å². The summed E-state index contributed by atoms with van der Waals surface area (Å²) in [7, 11) is 0. The van der Waals surface area contributed by atoms with Crippen molar-refractivity contribution in [3.05, 3.63) is 34.4 Å². The fourth-order valence-electron chi connectivity index (χ4n) is 1.96. The summed E-state index contributed by atoms with van der Waals surface area (Å²) in [6.45, 7) is 3.41. The number of amides is 1. The van der Waals surface area contributed by atoms with E-state index >= 15 is 0 Å². The highest BCUT2D eigenvalue weighted by molar-refractivity contribution is 5.95. The van der Waals surface area contributed by atoms with E-state index in [1.807, 2.05) is 6.92 Å². The zero-order valence-electron chi connectivity index (χ0n) is 10.1. The summed E-state index contributed by atoms with van der Waals surface area (Å²) >= 11 is 0. The lowest BCUT2D eigenvalue weighted by molar-refractivity contribution is -0.384. The zero-order chi connectivity index (χ0) is 13.2. The van der Waals surface area contributed by atoms with Gasteiger partial charge in [0.25, 0.3) is 5.69 Å². The molecule has 1 unspecified atom stereocenters. The third-order valence-corrected chi connectivity index (χ3v) is 3.25. The van der Waals surface area contributed by atoms with Crippen molar-refractivity contribution in [2.24, 2.45) is 5.41 Å². The van der Waals surface area contributed by atoms with Gasteiger partial charge in [0.1, 0.15) is 0 Å². The molecule has 1 aliphatic heterocycles. The number of rotatable bonds is 3. The summed E-state index contributed by atoms with van der Waals surface area (Å²) in [6, 6.07) is 5.85. The molecule has 0 spiro atoms. The molecule has 2 rings (SSSR count). The number of benzene rings is 1. The van der Waals surface area contributed by atoms with E-state index in [0.717, 1.165) is 13.0 Å². The second kappa shape index (κ2) is 4.73. The largest absolute Gasteiger partial charge is 0.326 e. The van der Waals surface area contributed by atoms with Gasteiger partial charge in [0.2, 0.25) is 5.91 Å². The molecule has 1 aromatic carbocycles. The predicted molar refractivity (Wildman–Crippen MR) is 67.3 cm³/mol. The fourth-order valence-corrected chi connectivity index (χ4v) is 1.96. The number of carbonyl (C=O) groups is 1. The molecule has 1 amide bonds. The van der Waals surface area contributed by atoms with E-state index in [4.69, 9.17) is 0 Å². The first kappa shape index (κ1) is 12.5. The number of carbonyl (C=O) groups excluding carboxylic acids is 1. The van der Waals surface area contributed by atoms with Crippen LogP contribution in [0.5, 0.6) is 0 Å². The maximum Gasteiger partial charge on any atom is 0.269 e. The van der Waals surface area contributed by atoms with Crippen molar-refractivity contribution in [1.29, 1.82) is 0 Å². The van der Waals surface area contributed by atoms with Crippen LogP contribution >= 0.6 is 0 Å². The van der Waals surface area contributed by atoms with Crippen molar-refractivity contribution >= 4 is 17.3 Å². The predicted octanol–water partition coefficient (Wildman–Crippen LogP) is 1.53. The summed E-state index contributed by atoms with van der Waals surface area (Å²) in [4.78, 5) is 22.1. The number of non-ortho nitro benzene ring substituents is 1. The maximum atomic E-state index is 12.1. The maximum absolute atomic E-state index is 12.1. The first-order valence-electron chi connectivity index (χ1n) is 5.78. The summed E-state index contributed by atoms with van der Waals surface area (Å²) in [6.07, 6.45) is 0.797. The molecular formula is C12H15N3O3. The zero-order valence-corrected chi connectivity index (χ0v) is 10.1. The molecule has 6 nitrogen and oxygen atoms in total. The van der Waals surface area contributed by atoms with E-state index < -0.39 is 10.3 Å². The summed E-state index contributed by atoms with van der Waals surface area (Å²) < 4.78 is 0. The molecule has 1 aromatic rings. The van der Waals surface area contributed by atoms with E-state index in [9.17, 15) is 14.9 Å². The SMILES string of the molecule is CC1(C(=O)Nc2ccc([N+](=O)[O-])cc2)CCNC1. The molecule has 2 N–H and O–H groups in total. The van der Waals surface area contributed by atoms with Crippen LogP contribution in [0.15, 0.2) is 24.3 Å². The van der Waals surface area contributed by atoms with Crippen LogP contribution in [0.2, 0.25) is 0 Å². The van der Waals surface area contributed by atoms with Gasteiger partial charge in [-0.2, -0.15) is 0 Å². The van der Waals surface area contributed by atoms with Crippen molar-refractivity contribution in [2.45, 2.75) is 13.3 Å². The second-order valence-electron chi connectivity index (χ2n) is 4.75. The first-order chi connectivity index (χ1) is 8.51. The van der Waals surface area contributed by atoms with Crippen LogP contribution in [-0.2, 0) is 4.79 Å². The number of nitrogens with zero attached hydrogens (tertiary/aromatic N) is 1. The number of hydrogen-bond acceptors (Lipinski definition) is 4. The van der Waals surface area contributed by atoms with Crippen molar-refractivity contribution in [3.63, 3.8) is 0 Å². The topological polar surface area (TPSA) is 84.3 Å². The normalized spacial score (nSPS) is 22.7. The van der Waals surface area contributed by atoms with Crippen LogP contribution in [0, 0.1) is 15.5 Å². The minimum Gasteiger partial charge on any atom is -0.326 e. The molecule has 18 heavy (non-hydrogen) atoms. The van der Waals surface area contributed by atoms with Crippen molar-refractivity contribution in [3.8, 4) is 0 Å². The van der Waals surface area contributed by atoms with Gasteiger partial charge in [-0.3, -0.25) is 14.9 Å². The van der Waals surface area contributed by atoms with Crippen molar-refractivity contribution in [1.82, 2.24) is 5.32 Å². The van der Waals surface area contributed by atoms with Gasteiger partial charge in [-0.1, -0.05) is 0 Å². The van der Waals surface area contributed by atoms with Gasteiger partial charge in [0, 0.05) is 24.4 Å². The van der Waals surface area contributed by atoms with Gasteiger partial charge in [-0.25, -0.2) is 0 Å². The smallest absolute Gasteiger partial charge is 0.269 e. The van der Waals surface area contributed by atoms with Gasteiger partial charge in [-0.15, -0.1) is 0 Å². The monoisotopic (exact) mass is 249 g/mol. The molecule has 0 bridgehead atoms. The number of nitro groups is 1. The van der Waals surface area contributed by atoms with Crippen LogP contribution in [0.25, 0.3) is 0 Å². The Kier molecular flexibility index (Phi) is 3.29. The molecule has 1 atom stereocenters. The van der Waals surface area contributed by atoms with Crippen LogP contribution in [0.3, 0.4) is 0 Å². The summed E-state index contributed by atoms with van der Waals surface area (Å²) in [5.41, 5.74) is 0.197. The average Bonchev–Trinajstić information content (AvgIpc) is 2.78. The highest BCUT2D eigenvalue weighted by Gasteiger charge is 2.36. The Hall–Kier alpha value is -1.95. The van der Waals surface area contributed by atoms with Gasteiger partial charge in [-0.05, 0) is 32.0 Å². The molecule has 1 fully saturated rings. The third-order valence-electron chi connectivity index (χ3n) is 3.25. The number of nitrogens with one attached hydrogen (secondary N) is 2. The molecule has 0 radical (unpaired) electrons. The Morgan fingerprint density at radius 3 is 2.61 bits per heavy atom. The molecule has 1 saturated heterocycles. The Bertz CT molecular complexity index is 464. The van der Waals surface area contributed by atoms with Crippen LogP contribution in [-0.4, -0.2) is 23.9 Å². The third kappa shape index (κ3) is 2.48. The molecule has 6 heteroatoms. The standard InChI is InChI=1S/C12H15N3O3/c1-12(6-7-13-8-12)11(16)14-9-2-4-10(5-3-9)15(17)18/h2-5,13H,6-8H2,1H3,(H,14,16). The Morgan fingerprint density at radius 2 is 2.11 bits per heavy atom. The van der Waals surface area contributed by atoms with E-state index in [1.54, 1.807) is 12.1 Å². The van der Waals surface area contributed by atoms with Crippen LogP contribution < -0.4 is 10.6 Å². The molecular weight excluding hydrogens is 234 g/mol. The van der Waals surface area contributed by atoms with Gasteiger partial charge in [0.15, 0.2) is 0 Å². The lowest BCUT2D eigenvalue weighted by Crippen LogP contribution is -2.35. The number of anilines is 1. The van der Waals surface area contributed by atoms with Gasteiger partial charge < -0.3 is 10.6 Å². The molecule has 0 saturated carbocycles. The summed E-state index contributed by atoms with van der Waals surface area (Å²) in [5, 5.41) is 16.4. The number of nitro benzene ring substituents is 1. The van der Waals surface area contributed by atoms with E-state index in [1.165, 1.54) is 12.1 Å². The molecule has 0 aromatic heterocycles. The molecule has 1 heterocycles. The van der Waals surface area contributed by atoms with Gasteiger partial charge in [0.05, 0.1) is 10.3 Å². The highest BCUT2D eigenvalue weighted by Crippen LogP contribution is 2.26. The molecule has 1 aliphatic rings. The van der Waals surface area contributed by atoms with Crippen LogP contribution in [0.4, 0.5) is 11.4 Å². The fraction of sp³-hybridized carbons (Fsp3) is 0.417. The second-order valence-corrected chi connectivity index (χ2v) is 4.75. The Balaban J connectivity index is 2.05. The summed E-state index contributed by atoms with van der Waals surface area (Å²) in [5.74, 6) is -0.0543. The lowest BCUT2D eigenvalue weighted by Gasteiger charge is -2.21. The van der Waals surface area contributed by atoms with E-state index in [2.05, 4.69) is 10.6 Å². The molecule has 96 valence electrons. The Labute approximate surface area is 105 Å². The quantitative estimate of drug-likeness (QED) is 0.628. The van der Waals surface area contributed by atoms with Gasteiger partial charge >= 0.3 is 0 Å². The van der Waals surface area contributed by atoms with E-state index in [0.29, 0.717) is 12.2 Å². The van der Waals surface area contributed by atoms with Crippen molar-refractivity contribution in [2.75, 3.05) is 18.4 Å². The number of hydrogen-bond donors (Lipinski definition) is 2. The molecule has 0 aliphatic carbocycles. The van der Waals surface area contributed by atoms with Crippen molar-refractivity contribution < 1.29 is 9.72 Å². The lowest BCUT2D eigenvalue weighted by atomic mass is 9.89.